The number of benzene rings is 1. The molecule has 0 bridgehead atoms. The standard InChI is InChI=1S/C13H11BrClNO/c1-8-12(9(2)17)7-13(14)16(8)11-5-3-10(15)4-6-11/h3-7H,1-2H3. The molecule has 0 saturated heterocycles. The van der Waals surface area contributed by atoms with Gasteiger partial charge in [0.25, 0.3) is 0 Å². The molecule has 0 fully saturated rings. The van der Waals surface area contributed by atoms with Crippen molar-refractivity contribution in [3.05, 3.63) is 51.2 Å². The maximum absolute atomic E-state index is 11.5. The van der Waals surface area contributed by atoms with Crippen molar-refractivity contribution in [3.8, 4) is 5.69 Å². The van der Waals surface area contributed by atoms with Gasteiger partial charge in [0.2, 0.25) is 0 Å². The van der Waals surface area contributed by atoms with Gasteiger partial charge in [0.05, 0.1) is 4.60 Å². The molecule has 0 aliphatic rings. The fourth-order valence-corrected chi connectivity index (χ4v) is 2.66. The molecule has 0 unspecified atom stereocenters. The first-order chi connectivity index (χ1) is 8.00. The van der Waals surface area contributed by atoms with E-state index in [0.29, 0.717) is 5.02 Å². The van der Waals surface area contributed by atoms with Crippen molar-refractivity contribution in [3.63, 3.8) is 0 Å². The van der Waals surface area contributed by atoms with Crippen molar-refractivity contribution in [1.82, 2.24) is 4.57 Å². The summed E-state index contributed by atoms with van der Waals surface area (Å²) in [5, 5.41) is 0.696. The maximum atomic E-state index is 11.5. The van der Waals surface area contributed by atoms with E-state index in [9.17, 15) is 4.79 Å². The fraction of sp³-hybridized carbons (Fsp3) is 0.154. The highest BCUT2D eigenvalue weighted by molar-refractivity contribution is 9.10. The van der Waals surface area contributed by atoms with Gasteiger partial charge in [0, 0.05) is 22.0 Å². The van der Waals surface area contributed by atoms with Gasteiger partial charge in [-0.2, -0.15) is 0 Å². The van der Waals surface area contributed by atoms with Crippen LogP contribution in [0.5, 0.6) is 0 Å². The number of halogens is 2. The fourth-order valence-electron chi connectivity index (χ4n) is 1.83. The summed E-state index contributed by atoms with van der Waals surface area (Å²) in [4.78, 5) is 11.5. The summed E-state index contributed by atoms with van der Waals surface area (Å²) in [6, 6.07) is 9.34. The Balaban J connectivity index is 2.59. The van der Waals surface area contributed by atoms with Crippen LogP contribution in [0.25, 0.3) is 5.69 Å². The van der Waals surface area contributed by atoms with Crippen LogP contribution in [0, 0.1) is 6.92 Å². The largest absolute Gasteiger partial charge is 0.308 e. The van der Waals surface area contributed by atoms with Gasteiger partial charge in [-0.15, -0.1) is 0 Å². The van der Waals surface area contributed by atoms with E-state index in [1.165, 1.54) is 0 Å². The molecular formula is C13H11BrClNO. The van der Waals surface area contributed by atoms with Crippen LogP contribution in [0.15, 0.2) is 34.9 Å². The van der Waals surface area contributed by atoms with E-state index >= 15 is 0 Å². The van der Waals surface area contributed by atoms with Crippen molar-refractivity contribution in [1.29, 1.82) is 0 Å². The predicted molar refractivity (Wildman–Crippen MR) is 73.2 cm³/mol. The Morgan fingerprint density at radius 1 is 1.29 bits per heavy atom. The second-order valence-corrected chi connectivity index (χ2v) is 5.08. The molecular weight excluding hydrogens is 302 g/mol. The van der Waals surface area contributed by atoms with Gasteiger partial charge in [-0.3, -0.25) is 4.79 Å². The minimum Gasteiger partial charge on any atom is -0.308 e. The van der Waals surface area contributed by atoms with E-state index in [-0.39, 0.29) is 5.78 Å². The molecule has 0 aliphatic heterocycles. The van der Waals surface area contributed by atoms with E-state index in [4.69, 9.17) is 11.6 Å². The quantitative estimate of drug-likeness (QED) is 0.753. The van der Waals surface area contributed by atoms with Gasteiger partial charge >= 0.3 is 0 Å². The molecule has 0 saturated carbocycles. The first kappa shape index (κ1) is 12.4. The second-order valence-electron chi connectivity index (χ2n) is 3.83. The van der Waals surface area contributed by atoms with Crippen molar-refractivity contribution in [2.45, 2.75) is 13.8 Å². The molecule has 0 amide bonds. The highest BCUT2D eigenvalue weighted by atomic mass is 79.9. The third-order valence-electron chi connectivity index (χ3n) is 2.67. The van der Waals surface area contributed by atoms with Gasteiger partial charge in [-0.05, 0) is 60.1 Å². The molecule has 1 heterocycles. The van der Waals surface area contributed by atoms with Crippen LogP contribution in [-0.4, -0.2) is 10.4 Å². The number of ketones is 1. The summed E-state index contributed by atoms with van der Waals surface area (Å²) in [5.74, 6) is 0.0657. The molecule has 0 aliphatic carbocycles. The Hall–Kier alpha value is -1.06. The normalized spacial score (nSPS) is 10.6. The number of nitrogens with zero attached hydrogens (tertiary/aromatic N) is 1. The Labute approximate surface area is 113 Å². The zero-order valence-electron chi connectivity index (χ0n) is 9.50. The van der Waals surface area contributed by atoms with E-state index in [1.807, 2.05) is 41.8 Å². The monoisotopic (exact) mass is 311 g/mol. The zero-order chi connectivity index (χ0) is 12.6. The minimum absolute atomic E-state index is 0.0657. The lowest BCUT2D eigenvalue weighted by Crippen LogP contribution is -1.99. The number of hydrogen-bond donors (Lipinski definition) is 0. The number of carbonyl (C=O) groups excluding carboxylic acids is 1. The van der Waals surface area contributed by atoms with Crippen LogP contribution in [0.1, 0.15) is 23.0 Å². The van der Waals surface area contributed by atoms with Crippen LogP contribution >= 0.6 is 27.5 Å². The Kier molecular flexibility index (Phi) is 3.40. The first-order valence-corrected chi connectivity index (χ1v) is 6.32. The Bertz CT molecular complexity index is 572. The molecule has 0 atom stereocenters. The summed E-state index contributed by atoms with van der Waals surface area (Å²) < 4.78 is 2.84. The molecule has 2 aromatic rings. The van der Waals surface area contributed by atoms with Crippen molar-refractivity contribution < 1.29 is 4.79 Å². The summed E-state index contributed by atoms with van der Waals surface area (Å²) >= 11 is 9.33. The van der Waals surface area contributed by atoms with Crippen LogP contribution in [0.4, 0.5) is 0 Å². The number of rotatable bonds is 2. The van der Waals surface area contributed by atoms with Crippen LogP contribution in [0.3, 0.4) is 0 Å². The highest BCUT2D eigenvalue weighted by Crippen LogP contribution is 2.26. The van der Waals surface area contributed by atoms with Crippen molar-refractivity contribution in [2.75, 3.05) is 0 Å². The van der Waals surface area contributed by atoms with E-state index in [2.05, 4.69) is 15.9 Å². The highest BCUT2D eigenvalue weighted by Gasteiger charge is 2.14. The summed E-state index contributed by atoms with van der Waals surface area (Å²) in [6.07, 6.45) is 0. The smallest absolute Gasteiger partial charge is 0.161 e. The molecule has 1 aromatic carbocycles. The number of aromatic nitrogens is 1. The number of carbonyl (C=O) groups is 1. The molecule has 1 aromatic heterocycles. The molecule has 2 rings (SSSR count). The summed E-state index contributed by atoms with van der Waals surface area (Å²) in [6.45, 7) is 3.50. The number of Topliss-reactive ketones (excluding diaryl/α,β-unsaturated/α-hetero) is 1. The second kappa shape index (κ2) is 4.67. The van der Waals surface area contributed by atoms with Crippen LogP contribution < -0.4 is 0 Å². The molecule has 0 radical (unpaired) electrons. The predicted octanol–water partition coefficient (Wildman–Crippen LogP) is 4.40. The van der Waals surface area contributed by atoms with Gasteiger partial charge in [-0.1, -0.05) is 11.6 Å². The van der Waals surface area contributed by atoms with E-state index < -0.39 is 0 Å². The molecule has 0 spiro atoms. The molecule has 2 nitrogen and oxygen atoms in total. The molecule has 17 heavy (non-hydrogen) atoms. The molecule has 0 N–H and O–H groups in total. The van der Waals surface area contributed by atoms with Crippen LogP contribution in [-0.2, 0) is 0 Å². The average molecular weight is 313 g/mol. The maximum Gasteiger partial charge on any atom is 0.161 e. The first-order valence-electron chi connectivity index (χ1n) is 5.15. The third-order valence-corrected chi connectivity index (χ3v) is 3.50. The third kappa shape index (κ3) is 2.31. The average Bonchev–Trinajstić information content (AvgIpc) is 2.56. The molecule has 4 heteroatoms. The lowest BCUT2D eigenvalue weighted by atomic mass is 10.2. The van der Waals surface area contributed by atoms with Gasteiger partial charge in [0.1, 0.15) is 0 Å². The van der Waals surface area contributed by atoms with Crippen molar-refractivity contribution in [2.24, 2.45) is 0 Å². The topological polar surface area (TPSA) is 22.0 Å². The van der Waals surface area contributed by atoms with Crippen molar-refractivity contribution >= 4 is 33.3 Å². The Morgan fingerprint density at radius 3 is 2.35 bits per heavy atom. The van der Waals surface area contributed by atoms with Crippen LogP contribution in [0.2, 0.25) is 5.02 Å². The SMILES string of the molecule is CC(=O)c1cc(Br)n(-c2ccc(Cl)cc2)c1C. The number of hydrogen-bond acceptors (Lipinski definition) is 1. The van der Waals surface area contributed by atoms with E-state index in [1.54, 1.807) is 6.92 Å². The summed E-state index contributed by atoms with van der Waals surface area (Å²) in [5.41, 5.74) is 2.63. The van der Waals surface area contributed by atoms with Gasteiger partial charge in [-0.25, -0.2) is 0 Å². The minimum atomic E-state index is 0.0657. The van der Waals surface area contributed by atoms with E-state index in [0.717, 1.165) is 21.5 Å². The summed E-state index contributed by atoms with van der Waals surface area (Å²) in [7, 11) is 0. The van der Waals surface area contributed by atoms with Gasteiger partial charge < -0.3 is 4.57 Å². The zero-order valence-corrected chi connectivity index (χ0v) is 11.8. The lowest BCUT2D eigenvalue weighted by Gasteiger charge is -2.08. The molecule has 88 valence electrons. The Morgan fingerprint density at radius 2 is 1.88 bits per heavy atom. The van der Waals surface area contributed by atoms with Gasteiger partial charge in [0.15, 0.2) is 5.78 Å². The lowest BCUT2D eigenvalue weighted by molar-refractivity contribution is 0.101.